The zero-order valence-electron chi connectivity index (χ0n) is 19.5. The van der Waals surface area contributed by atoms with E-state index in [4.69, 9.17) is 4.74 Å². The highest BCUT2D eigenvalue weighted by atomic mass is 32.2. The zero-order chi connectivity index (χ0) is 25.7. The molecule has 3 aromatic rings. The van der Waals surface area contributed by atoms with Crippen molar-refractivity contribution in [1.29, 1.82) is 0 Å². The SMILES string of the molecule is COc1ccc(-c2ccc(S(=O)(=O)N3CC[C@@H](NC(=O)c4ccccn4)C[C@@H]3C(=O)NO)cc2)cc1. The molecule has 0 unspecified atom stereocenters. The number of aromatic nitrogens is 1. The van der Waals surface area contributed by atoms with E-state index in [1.165, 1.54) is 18.3 Å². The summed E-state index contributed by atoms with van der Waals surface area (Å²) in [7, 11) is -2.48. The zero-order valence-corrected chi connectivity index (χ0v) is 20.3. The number of hydrogen-bond donors (Lipinski definition) is 3. The highest BCUT2D eigenvalue weighted by molar-refractivity contribution is 7.89. The van der Waals surface area contributed by atoms with E-state index in [-0.39, 0.29) is 30.0 Å². The normalized spacial score (nSPS) is 18.3. The molecule has 188 valence electrons. The number of nitrogens with one attached hydrogen (secondary N) is 2. The van der Waals surface area contributed by atoms with Gasteiger partial charge in [-0.2, -0.15) is 4.31 Å². The molecule has 0 bridgehead atoms. The van der Waals surface area contributed by atoms with Crippen LogP contribution in [0.1, 0.15) is 23.3 Å². The number of carbonyl (C=O) groups excluding carboxylic acids is 2. The summed E-state index contributed by atoms with van der Waals surface area (Å²) in [5.41, 5.74) is 3.48. The second-order valence-corrected chi connectivity index (χ2v) is 10.2. The molecule has 2 aromatic carbocycles. The van der Waals surface area contributed by atoms with E-state index in [9.17, 15) is 23.2 Å². The summed E-state index contributed by atoms with van der Waals surface area (Å²) in [5, 5.41) is 12.1. The molecule has 3 N–H and O–H groups in total. The standard InChI is InChI=1S/C25H26N4O6S/c1-35-20-9-5-17(6-10-20)18-7-11-21(12-8-18)36(33,34)29-15-13-19(16-23(29)25(31)28-32)27-24(30)22-4-2-3-14-26-22/h2-12,14,19,23,32H,13,15-16H2,1H3,(H,27,30)(H,28,31)/t19-,23-/m1/s1. The summed E-state index contributed by atoms with van der Waals surface area (Å²) in [4.78, 5) is 28.9. The number of ether oxygens (including phenoxy) is 1. The Kier molecular flexibility index (Phi) is 7.63. The van der Waals surface area contributed by atoms with Gasteiger partial charge in [0.2, 0.25) is 10.0 Å². The second kappa shape index (κ2) is 10.9. The van der Waals surface area contributed by atoms with Gasteiger partial charge in [-0.25, -0.2) is 13.9 Å². The van der Waals surface area contributed by atoms with Crippen molar-refractivity contribution in [2.75, 3.05) is 13.7 Å². The van der Waals surface area contributed by atoms with Crippen LogP contribution in [0.15, 0.2) is 77.8 Å². The van der Waals surface area contributed by atoms with Crippen molar-refractivity contribution < 1.29 is 28.0 Å². The number of hydrogen-bond acceptors (Lipinski definition) is 7. The minimum Gasteiger partial charge on any atom is -0.497 e. The van der Waals surface area contributed by atoms with Crippen molar-refractivity contribution in [2.45, 2.75) is 29.8 Å². The molecule has 36 heavy (non-hydrogen) atoms. The molecule has 2 heterocycles. The molecule has 1 aliphatic heterocycles. The number of sulfonamides is 1. The van der Waals surface area contributed by atoms with Gasteiger partial charge in [-0.05, 0) is 60.4 Å². The maximum atomic E-state index is 13.5. The van der Waals surface area contributed by atoms with E-state index in [2.05, 4.69) is 10.3 Å². The number of nitrogens with zero attached hydrogens (tertiary/aromatic N) is 2. The van der Waals surface area contributed by atoms with Gasteiger partial charge in [0.1, 0.15) is 17.5 Å². The van der Waals surface area contributed by atoms with E-state index in [0.717, 1.165) is 15.4 Å². The Morgan fingerprint density at radius 1 is 1.03 bits per heavy atom. The summed E-state index contributed by atoms with van der Waals surface area (Å²) in [6, 6.07) is 17.0. The van der Waals surface area contributed by atoms with E-state index >= 15 is 0 Å². The summed E-state index contributed by atoms with van der Waals surface area (Å²) < 4.78 is 33.1. The van der Waals surface area contributed by atoms with Crippen LogP contribution < -0.4 is 15.5 Å². The Bertz CT molecular complexity index is 1310. The van der Waals surface area contributed by atoms with Crippen LogP contribution in [0.5, 0.6) is 5.75 Å². The minimum atomic E-state index is -4.06. The third-order valence-electron chi connectivity index (χ3n) is 6.08. The Morgan fingerprint density at radius 2 is 1.69 bits per heavy atom. The average molecular weight is 511 g/mol. The lowest BCUT2D eigenvalue weighted by molar-refractivity contribution is -0.134. The Balaban J connectivity index is 1.52. The van der Waals surface area contributed by atoms with E-state index in [1.54, 1.807) is 42.9 Å². The van der Waals surface area contributed by atoms with Crippen LogP contribution in [0.25, 0.3) is 11.1 Å². The first-order chi connectivity index (χ1) is 17.3. The maximum Gasteiger partial charge on any atom is 0.270 e. The monoisotopic (exact) mass is 510 g/mol. The quantitative estimate of drug-likeness (QED) is 0.327. The molecule has 10 nitrogen and oxygen atoms in total. The first-order valence-corrected chi connectivity index (χ1v) is 12.7. The van der Waals surface area contributed by atoms with Crippen molar-refractivity contribution >= 4 is 21.8 Å². The Morgan fingerprint density at radius 3 is 2.28 bits per heavy atom. The first kappa shape index (κ1) is 25.3. The van der Waals surface area contributed by atoms with E-state index in [1.807, 2.05) is 24.3 Å². The summed E-state index contributed by atoms with van der Waals surface area (Å²) in [6.45, 7) is -0.0200. The predicted molar refractivity (Wildman–Crippen MR) is 131 cm³/mol. The van der Waals surface area contributed by atoms with Gasteiger partial charge >= 0.3 is 0 Å². The van der Waals surface area contributed by atoms with Crippen molar-refractivity contribution in [3.05, 3.63) is 78.6 Å². The van der Waals surface area contributed by atoms with Gasteiger partial charge in [0.25, 0.3) is 11.8 Å². The largest absolute Gasteiger partial charge is 0.497 e. The number of methoxy groups -OCH3 is 1. The first-order valence-electron chi connectivity index (χ1n) is 11.3. The number of carbonyl (C=O) groups is 2. The molecule has 2 amide bonds. The van der Waals surface area contributed by atoms with Gasteiger partial charge in [0.15, 0.2) is 0 Å². The van der Waals surface area contributed by atoms with Gasteiger partial charge < -0.3 is 10.1 Å². The lowest BCUT2D eigenvalue weighted by Crippen LogP contribution is -2.56. The third-order valence-corrected chi connectivity index (χ3v) is 8.01. The van der Waals surface area contributed by atoms with E-state index < -0.39 is 33.9 Å². The van der Waals surface area contributed by atoms with Crippen molar-refractivity contribution in [1.82, 2.24) is 20.1 Å². The molecule has 1 aromatic heterocycles. The maximum absolute atomic E-state index is 13.5. The molecule has 1 saturated heterocycles. The van der Waals surface area contributed by atoms with Crippen LogP contribution >= 0.6 is 0 Å². The molecule has 11 heteroatoms. The van der Waals surface area contributed by atoms with E-state index in [0.29, 0.717) is 5.75 Å². The highest BCUT2D eigenvalue weighted by Gasteiger charge is 2.41. The smallest absolute Gasteiger partial charge is 0.270 e. The molecule has 2 atom stereocenters. The van der Waals surface area contributed by atoms with Crippen LogP contribution in [-0.4, -0.2) is 60.5 Å². The summed E-state index contributed by atoms with van der Waals surface area (Å²) >= 11 is 0. The fraction of sp³-hybridized carbons (Fsp3) is 0.240. The Labute approximate surface area is 208 Å². The molecule has 4 rings (SSSR count). The number of amides is 2. The molecule has 1 fully saturated rings. The van der Waals surface area contributed by atoms with Gasteiger partial charge in [-0.3, -0.25) is 19.8 Å². The summed E-state index contributed by atoms with van der Waals surface area (Å²) in [6.07, 6.45) is 1.77. The van der Waals surface area contributed by atoms with Crippen LogP contribution in [0.3, 0.4) is 0 Å². The highest BCUT2D eigenvalue weighted by Crippen LogP contribution is 2.28. The lowest BCUT2D eigenvalue weighted by Gasteiger charge is -2.37. The van der Waals surface area contributed by atoms with Crippen molar-refractivity contribution in [2.24, 2.45) is 0 Å². The molecule has 0 spiro atoms. The number of piperidine rings is 1. The van der Waals surface area contributed by atoms with Crippen LogP contribution in [0.2, 0.25) is 0 Å². The molecule has 0 radical (unpaired) electrons. The van der Waals surface area contributed by atoms with Crippen LogP contribution in [0, 0.1) is 0 Å². The van der Waals surface area contributed by atoms with Crippen molar-refractivity contribution in [3.63, 3.8) is 0 Å². The van der Waals surface area contributed by atoms with Gasteiger partial charge in [0, 0.05) is 18.8 Å². The number of hydroxylamine groups is 1. The van der Waals surface area contributed by atoms with Gasteiger partial charge in [0.05, 0.1) is 12.0 Å². The van der Waals surface area contributed by atoms with Crippen LogP contribution in [0.4, 0.5) is 0 Å². The molecule has 0 aliphatic carbocycles. The topological polar surface area (TPSA) is 138 Å². The average Bonchev–Trinajstić information content (AvgIpc) is 2.93. The molecular formula is C25H26N4O6S. The molecule has 0 saturated carbocycles. The number of pyridine rings is 1. The lowest BCUT2D eigenvalue weighted by atomic mass is 9.98. The number of rotatable bonds is 7. The molecule has 1 aliphatic rings. The fourth-order valence-electron chi connectivity index (χ4n) is 4.17. The number of benzene rings is 2. The Hall–Kier alpha value is -3.80. The van der Waals surface area contributed by atoms with Crippen LogP contribution in [-0.2, 0) is 14.8 Å². The predicted octanol–water partition coefficient (Wildman–Crippen LogP) is 2.21. The van der Waals surface area contributed by atoms with Crippen molar-refractivity contribution in [3.8, 4) is 16.9 Å². The molecular weight excluding hydrogens is 484 g/mol. The van der Waals surface area contributed by atoms with Gasteiger partial charge in [-0.1, -0.05) is 30.3 Å². The second-order valence-electron chi connectivity index (χ2n) is 8.27. The minimum absolute atomic E-state index is 0.00582. The van der Waals surface area contributed by atoms with Gasteiger partial charge in [-0.15, -0.1) is 0 Å². The summed E-state index contributed by atoms with van der Waals surface area (Å²) in [5.74, 6) is -0.579. The third kappa shape index (κ3) is 5.38. The fourth-order valence-corrected chi connectivity index (χ4v) is 5.78.